The van der Waals surface area contributed by atoms with Gasteiger partial charge in [-0.05, 0) is 54.2 Å². The van der Waals surface area contributed by atoms with Crippen molar-refractivity contribution >= 4 is 10.0 Å². The zero-order chi connectivity index (χ0) is 17.6. The number of hydrogen-bond acceptors (Lipinski definition) is 3. The zero-order valence-electron chi connectivity index (χ0n) is 15.2. The molecule has 1 atom stereocenters. The van der Waals surface area contributed by atoms with Crippen LogP contribution >= 0.6 is 0 Å². The molecule has 2 fully saturated rings. The fraction of sp³-hybridized carbons (Fsp3) is 0.684. The molecule has 1 saturated heterocycles. The number of benzene rings is 1. The Bertz CT molecular complexity index is 678. The fourth-order valence-electron chi connectivity index (χ4n) is 4.06. The average Bonchev–Trinajstić information content (AvgIpc) is 2.54. The van der Waals surface area contributed by atoms with Crippen molar-refractivity contribution in [2.45, 2.75) is 62.9 Å². The summed E-state index contributed by atoms with van der Waals surface area (Å²) in [5.41, 5.74) is 1.40. The molecule has 5 heteroatoms. The Morgan fingerprint density at radius 1 is 1.08 bits per heavy atom. The van der Waals surface area contributed by atoms with Crippen LogP contribution in [0.25, 0.3) is 0 Å². The van der Waals surface area contributed by atoms with Gasteiger partial charge >= 0.3 is 0 Å². The number of hydrogen-bond donors (Lipinski definition) is 0. The van der Waals surface area contributed by atoms with Crippen LogP contribution in [0.4, 0.5) is 0 Å². The molecular weight excluding hydrogens is 322 g/mol. The molecule has 1 unspecified atom stereocenters. The molecule has 134 valence electrons. The van der Waals surface area contributed by atoms with E-state index < -0.39 is 10.0 Å². The lowest BCUT2D eigenvalue weighted by atomic mass is 9.61. The third-order valence-corrected chi connectivity index (χ3v) is 7.86. The van der Waals surface area contributed by atoms with Gasteiger partial charge in [-0.1, -0.05) is 32.9 Å². The molecule has 24 heavy (non-hydrogen) atoms. The van der Waals surface area contributed by atoms with E-state index in [4.69, 9.17) is 4.74 Å². The zero-order valence-corrected chi connectivity index (χ0v) is 16.0. The van der Waals surface area contributed by atoms with Gasteiger partial charge in [0.1, 0.15) is 0 Å². The summed E-state index contributed by atoms with van der Waals surface area (Å²) < 4.78 is 33.0. The number of ether oxygens (including phenoxy) is 1. The molecule has 1 aliphatic carbocycles. The van der Waals surface area contributed by atoms with Gasteiger partial charge in [-0.3, -0.25) is 0 Å². The van der Waals surface area contributed by atoms with Crippen LogP contribution in [0, 0.1) is 5.41 Å². The van der Waals surface area contributed by atoms with E-state index in [9.17, 15) is 8.42 Å². The van der Waals surface area contributed by atoms with Gasteiger partial charge < -0.3 is 4.74 Å². The molecule has 1 saturated carbocycles. The highest BCUT2D eigenvalue weighted by Crippen LogP contribution is 2.51. The summed E-state index contributed by atoms with van der Waals surface area (Å²) in [4.78, 5) is 0.406. The Balaban J connectivity index is 1.73. The summed E-state index contributed by atoms with van der Waals surface area (Å²) in [6.07, 6.45) is 4.40. The second kappa shape index (κ2) is 6.11. The lowest BCUT2D eigenvalue weighted by Crippen LogP contribution is -2.53. The maximum Gasteiger partial charge on any atom is 0.243 e. The second-order valence-corrected chi connectivity index (χ2v) is 10.2. The van der Waals surface area contributed by atoms with Gasteiger partial charge in [0.15, 0.2) is 0 Å². The van der Waals surface area contributed by atoms with Crippen molar-refractivity contribution in [1.82, 2.24) is 4.31 Å². The van der Waals surface area contributed by atoms with Crippen molar-refractivity contribution in [1.29, 1.82) is 0 Å². The van der Waals surface area contributed by atoms with E-state index in [1.165, 1.54) is 6.42 Å². The molecule has 0 N–H and O–H groups in total. The van der Waals surface area contributed by atoms with E-state index in [2.05, 4.69) is 20.8 Å². The normalized spacial score (nSPS) is 24.8. The highest BCUT2D eigenvalue weighted by molar-refractivity contribution is 7.89. The van der Waals surface area contributed by atoms with Crippen LogP contribution in [0.3, 0.4) is 0 Å². The van der Waals surface area contributed by atoms with Gasteiger partial charge in [0.05, 0.1) is 11.0 Å². The van der Waals surface area contributed by atoms with Crippen LogP contribution in [0.2, 0.25) is 0 Å². The van der Waals surface area contributed by atoms with Crippen molar-refractivity contribution in [3.8, 4) is 0 Å². The second-order valence-electron chi connectivity index (χ2n) is 8.30. The molecule has 0 radical (unpaired) electrons. The molecule has 1 aliphatic heterocycles. The van der Waals surface area contributed by atoms with Crippen molar-refractivity contribution < 1.29 is 13.2 Å². The molecule has 0 amide bonds. The first-order valence-electron chi connectivity index (χ1n) is 8.83. The van der Waals surface area contributed by atoms with Crippen LogP contribution in [0.1, 0.15) is 52.0 Å². The Hall–Kier alpha value is -0.910. The summed E-state index contributed by atoms with van der Waals surface area (Å²) in [6.45, 7) is 7.59. The maximum atomic E-state index is 12.9. The summed E-state index contributed by atoms with van der Waals surface area (Å²) >= 11 is 0. The molecular formula is C19H29NO3S. The highest BCUT2D eigenvalue weighted by atomic mass is 32.2. The van der Waals surface area contributed by atoms with Gasteiger partial charge in [-0.25, -0.2) is 8.42 Å². The number of rotatable bonds is 3. The van der Waals surface area contributed by atoms with Crippen LogP contribution in [0.15, 0.2) is 29.2 Å². The van der Waals surface area contributed by atoms with Crippen LogP contribution in [-0.2, 0) is 20.2 Å². The van der Waals surface area contributed by atoms with E-state index in [0.29, 0.717) is 24.1 Å². The van der Waals surface area contributed by atoms with E-state index in [1.807, 2.05) is 12.1 Å². The monoisotopic (exact) mass is 351 g/mol. The van der Waals surface area contributed by atoms with Crippen LogP contribution in [-0.4, -0.2) is 39.0 Å². The number of nitrogens with zero attached hydrogens (tertiary/aromatic N) is 1. The van der Waals surface area contributed by atoms with E-state index in [0.717, 1.165) is 24.8 Å². The Kier molecular flexibility index (Phi) is 4.56. The van der Waals surface area contributed by atoms with Crippen LogP contribution in [0.5, 0.6) is 0 Å². The molecule has 2 aliphatic rings. The average molecular weight is 352 g/mol. The van der Waals surface area contributed by atoms with E-state index >= 15 is 0 Å². The van der Waals surface area contributed by atoms with Gasteiger partial charge in [-0.15, -0.1) is 0 Å². The Morgan fingerprint density at radius 3 is 2.08 bits per heavy atom. The lowest BCUT2D eigenvalue weighted by molar-refractivity contribution is -0.113. The SMILES string of the molecule is COC1CCC12CCN(S(=O)(=O)c1ccc(C(C)(C)C)cc1)CC2. The standard InChI is InChI=1S/C19H29NO3S/c1-18(2,3)15-5-7-16(8-6-15)24(21,22)20-13-11-19(12-14-20)10-9-17(19)23-4/h5-8,17H,9-14H2,1-4H3. The lowest BCUT2D eigenvalue weighted by Gasteiger charge is -2.52. The van der Waals surface area contributed by atoms with Gasteiger partial charge in [0, 0.05) is 20.2 Å². The predicted molar refractivity (Wildman–Crippen MR) is 95.6 cm³/mol. The maximum absolute atomic E-state index is 12.9. The van der Waals surface area contributed by atoms with Crippen molar-refractivity contribution in [3.63, 3.8) is 0 Å². The van der Waals surface area contributed by atoms with Crippen LogP contribution < -0.4 is 0 Å². The van der Waals surface area contributed by atoms with Crippen molar-refractivity contribution in [2.75, 3.05) is 20.2 Å². The summed E-state index contributed by atoms with van der Waals surface area (Å²) in [5.74, 6) is 0. The molecule has 1 aromatic rings. The Morgan fingerprint density at radius 2 is 1.67 bits per heavy atom. The quantitative estimate of drug-likeness (QED) is 0.836. The first-order chi connectivity index (χ1) is 11.2. The van der Waals surface area contributed by atoms with Gasteiger partial charge in [0.25, 0.3) is 0 Å². The molecule has 4 nitrogen and oxygen atoms in total. The summed E-state index contributed by atoms with van der Waals surface area (Å²) in [7, 11) is -1.62. The minimum Gasteiger partial charge on any atom is -0.381 e. The minimum atomic E-state index is -3.39. The molecule has 1 heterocycles. The first-order valence-corrected chi connectivity index (χ1v) is 10.3. The number of methoxy groups -OCH3 is 1. The minimum absolute atomic E-state index is 0.0270. The molecule has 1 aromatic carbocycles. The predicted octanol–water partition coefficient (Wildman–Crippen LogP) is 3.56. The number of sulfonamides is 1. The first kappa shape index (κ1) is 17.9. The largest absolute Gasteiger partial charge is 0.381 e. The highest BCUT2D eigenvalue weighted by Gasteiger charge is 2.49. The number of piperidine rings is 1. The molecule has 3 rings (SSSR count). The Labute approximate surface area is 146 Å². The summed E-state index contributed by atoms with van der Waals surface area (Å²) in [6, 6.07) is 7.37. The topological polar surface area (TPSA) is 46.6 Å². The van der Waals surface area contributed by atoms with Crippen molar-refractivity contribution in [3.05, 3.63) is 29.8 Å². The third kappa shape index (κ3) is 3.02. The van der Waals surface area contributed by atoms with E-state index in [1.54, 1.807) is 23.5 Å². The third-order valence-electron chi connectivity index (χ3n) is 5.95. The summed E-state index contributed by atoms with van der Waals surface area (Å²) in [5, 5.41) is 0. The van der Waals surface area contributed by atoms with E-state index in [-0.39, 0.29) is 10.8 Å². The molecule has 1 spiro atoms. The van der Waals surface area contributed by atoms with Gasteiger partial charge in [-0.2, -0.15) is 4.31 Å². The van der Waals surface area contributed by atoms with Gasteiger partial charge in [0.2, 0.25) is 10.0 Å². The molecule has 0 bridgehead atoms. The van der Waals surface area contributed by atoms with Crippen molar-refractivity contribution in [2.24, 2.45) is 5.41 Å². The molecule has 0 aromatic heterocycles. The fourth-order valence-corrected chi connectivity index (χ4v) is 5.50. The smallest absolute Gasteiger partial charge is 0.243 e.